The van der Waals surface area contributed by atoms with Crippen LogP contribution >= 0.6 is 0 Å². The Morgan fingerprint density at radius 3 is 2.64 bits per heavy atom. The molecule has 2 N–H and O–H groups in total. The molecule has 1 amide bonds. The Balaban J connectivity index is 1.69. The molecule has 120 valence electrons. The number of benzene rings is 1. The zero-order valence-corrected chi connectivity index (χ0v) is 11.6. The van der Waals surface area contributed by atoms with Crippen LogP contribution in [0.1, 0.15) is 12.8 Å². The van der Waals surface area contributed by atoms with Gasteiger partial charge in [0.25, 0.3) is 0 Å². The third kappa shape index (κ3) is 4.14. The minimum absolute atomic E-state index is 0.0614. The number of amides is 1. The van der Waals surface area contributed by atoms with Gasteiger partial charge in [-0.05, 0) is 25.0 Å². The number of aliphatic carboxylic acids is 1. The highest BCUT2D eigenvalue weighted by Gasteiger charge is 2.34. The summed E-state index contributed by atoms with van der Waals surface area (Å²) in [4.78, 5) is 22.4. The summed E-state index contributed by atoms with van der Waals surface area (Å²) in [5.74, 6) is -3.33. The molecule has 1 aromatic rings. The van der Waals surface area contributed by atoms with Gasteiger partial charge in [-0.2, -0.15) is 0 Å². The third-order valence-corrected chi connectivity index (χ3v) is 3.15. The van der Waals surface area contributed by atoms with Crippen LogP contribution in [0.4, 0.5) is 8.78 Å². The van der Waals surface area contributed by atoms with E-state index in [9.17, 15) is 18.4 Å². The van der Waals surface area contributed by atoms with Gasteiger partial charge in [-0.3, -0.25) is 4.79 Å². The van der Waals surface area contributed by atoms with Crippen LogP contribution in [0.15, 0.2) is 18.2 Å². The Kier molecular flexibility index (Phi) is 5.26. The van der Waals surface area contributed by atoms with Crippen LogP contribution in [0.5, 0.6) is 5.75 Å². The highest BCUT2D eigenvalue weighted by atomic mass is 19.2. The van der Waals surface area contributed by atoms with Crippen molar-refractivity contribution in [3.05, 3.63) is 29.8 Å². The number of rotatable bonds is 6. The van der Waals surface area contributed by atoms with Crippen LogP contribution in [0, 0.1) is 11.6 Å². The van der Waals surface area contributed by atoms with Gasteiger partial charge in [0.15, 0.2) is 17.7 Å². The van der Waals surface area contributed by atoms with Crippen molar-refractivity contribution in [2.24, 2.45) is 0 Å². The fourth-order valence-corrected chi connectivity index (χ4v) is 2.04. The van der Waals surface area contributed by atoms with E-state index in [1.165, 1.54) is 6.07 Å². The van der Waals surface area contributed by atoms with E-state index in [1.807, 2.05) is 0 Å². The molecule has 0 aromatic heterocycles. The summed E-state index contributed by atoms with van der Waals surface area (Å²) < 4.78 is 35.9. The van der Waals surface area contributed by atoms with E-state index in [0.29, 0.717) is 12.8 Å². The molecule has 1 aromatic carbocycles. The second-order valence-electron chi connectivity index (χ2n) is 4.74. The normalized spacial score (nSPS) is 20.6. The predicted octanol–water partition coefficient (Wildman–Crippen LogP) is 1.09. The third-order valence-electron chi connectivity index (χ3n) is 3.15. The van der Waals surface area contributed by atoms with Crippen LogP contribution in [-0.4, -0.2) is 42.3 Å². The standard InChI is InChI=1S/C14H15F2NO5/c15-9-2-1-8(7-10(9)16)21-6-5-17-13(18)11-3-4-12(22-11)14(19)20/h1-2,7,11-12H,3-6H2,(H,17,18)(H,19,20)/t11-,12+/m0/s1. The van der Waals surface area contributed by atoms with E-state index < -0.39 is 35.7 Å². The Bertz CT molecular complexity index is 566. The highest BCUT2D eigenvalue weighted by Crippen LogP contribution is 2.20. The van der Waals surface area contributed by atoms with Crippen LogP contribution in [0.25, 0.3) is 0 Å². The molecule has 2 atom stereocenters. The van der Waals surface area contributed by atoms with Gasteiger partial charge in [-0.15, -0.1) is 0 Å². The maximum absolute atomic E-state index is 12.9. The molecule has 1 fully saturated rings. The van der Waals surface area contributed by atoms with Crippen molar-refractivity contribution in [3.8, 4) is 5.75 Å². The molecule has 0 bridgehead atoms. The molecule has 1 saturated heterocycles. The highest BCUT2D eigenvalue weighted by molar-refractivity contribution is 5.82. The van der Waals surface area contributed by atoms with Crippen LogP contribution in [0.2, 0.25) is 0 Å². The van der Waals surface area contributed by atoms with Crippen LogP contribution in [-0.2, 0) is 14.3 Å². The summed E-state index contributed by atoms with van der Waals surface area (Å²) in [6.07, 6.45) is -1.11. The Labute approximate surface area is 125 Å². The van der Waals surface area contributed by atoms with Gasteiger partial charge in [0.1, 0.15) is 18.5 Å². The number of hydrogen-bond acceptors (Lipinski definition) is 4. The molecular weight excluding hydrogens is 300 g/mol. The maximum Gasteiger partial charge on any atom is 0.332 e. The van der Waals surface area contributed by atoms with Crippen molar-refractivity contribution < 1.29 is 33.0 Å². The lowest BCUT2D eigenvalue weighted by atomic mass is 10.2. The fraction of sp³-hybridized carbons (Fsp3) is 0.429. The first-order valence-electron chi connectivity index (χ1n) is 6.71. The minimum atomic E-state index is -1.09. The number of halogens is 2. The van der Waals surface area contributed by atoms with Crippen molar-refractivity contribution in [1.29, 1.82) is 0 Å². The van der Waals surface area contributed by atoms with Crippen LogP contribution in [0.3, 0.4) is 0 Å². The van der Waals surface area contributed by atoms with Crippen LogP contribution < -0.4 is 10.1 Å². The van der Waals surface area contributed by atoms with E-state index in [-0.39, 0.29) is 18.9 Å². The van der Waals surface area contributed by atoms with Gasteiger partial charge >= 0.3 is 5.97 Å². The van der Waals surface area contributed by atoms with Gasteiger partial charge in [-0.1, -0.05) is 0 Å². The monoisotopic (exact) mass is 315 g/mol. The summed E-state index contributed by atoms with van der Waals surface area (Å²) >= 11 is 0. The zero-order chi connectivity index (χ0) is 16.1. The Morgan fingerprint density at radius 2 is 2.00 bits per heavy atom. The number of hydrogen-bond donors (Lipinski definition) is 2. The molecule has 0 radical (unpaired) electrons. The smallest absolute Gasteiger partial charge is 0.332 e. The summed E-state index contributed by atoms with van der Waals surface area (Å²) in [5.41, 5.74) is 0. The molecule has 1 aliphatic heterocycles. The van der Waals surface area contributed by atoms with Crippen molar-refractivity contribution in [2.45, 2.75) is 25.0 Å². The average molecular weight is 315 g/mol. The number of ether oxygens (including phenoxy) is 2. The van der Waals surface area contributed by atoms with Crippen molar-refractivity contribution >= 4 is 11.9 Å². The molecule has 22 heavy (non-hydrogen) atoms. The lowest BCUT2D eigenvalue weighted by Crippen LogP contribution is -2.37. The van der Waals surface area contributed by atoms with E-state index in [4.69, 9.17) is 14.6 Å². The lowest BCUT2D eigenvalue weighted by molar-refractivity contribution is -0.151. The van der Waals surface area contributed by atoms with E-state index in [2.05, 4.69) is 5.32 Å². The zero-order valence-electron chi connectivity index (χ0n) is 11.6. The predicted molar refractivity (Wildman–Crippen MR) is 70.4 cm³/mol. The number of carboxylic acid groups (broad SMARTS) is 1. The minimum Gasteiger partial charge on any atom is -0.492 e. The molecule has 1 aliphatic rings. The van der Waals surface area contributed by atoms with Crippen molar-refractivity contribution in [1.82, 2.24) is 5.32 Å². The second kappa shape index (κ2) is 7.17. The van der Waals surface area contributed by atoms with Crippen molar-refractivity contribution in [2.75, 3.05) is 13.2 Å². The number of carboxylic acids is 1. The topological polar surface area (TPSA) is 84.9 Å². The molecular formula is C14H15F2NO5. The number of nitrogens with one attached hydrogen (secondary N) is 1. The maximum atomic E-state index is 12.9. The van der Waals surface area contributed by atoms with Gasteiger partial charge in [0.2, 0.25) is 5.91 Å². The quantitative estimate of drug-likeness (QED) is 0.768. The fourth-order valence-electron chi connectivity index (χ4n) is 2.04. The first kappa shape index (κ1) is 16.2. The first-order chi connectivity index (χ1) is 10.5. The average Bonchev–Trinajstić information content (AvgIpc) is 2.97. The Morgan fingerprint density at radius 1 is 1.27 bits per heavy atom. The van der Waals surface area contributed by atoms with E-state index >= 15 is 0 Å². The largest absolute Gasteiger partial charge is 0.492 e. The van der Waals surface area contributed by atoms with Gasteiger partial charge in [0, 0.05) is 6.07 Å². The van der Waals surface area contributed by atoms with E-state index in [1.54, 1.807) is 0 Å². The molecule has 0 unspecified atom stereocenters. The Hall–Kier alpha value is -2.22. The van der Waals surface area contributed by atoms with E-state index in [0.717, 1.165) is 12.1 Å². The molecule has 8 heteroatoms. The number of carbonyl (C=O) groups excluding carboxylic acids is 1. The first-order valence-corrected chi connectivity index (χ1v) is 6.71. The summed E-state index contributed by atoms with van der Waals surface area (Å²) in [7, 11) is 0. The van der Waals surface area contributed by atoms with Crippen molar-refractivity contribution in [3.63, 3.8) is 0 Å². The number of carbonyl (C=O) groups is 2. The van der Waals surface area contributed by atoms with Gasteiger partial charge < -0.3 is 19.9 Å². The molecule has 6 nitrogen and oxygen atoms in total. The molecule has 2 rings (SSSR count). The second-order valence-corrected chi connectivity index (χ2v) is 4.74. The van der Waals surface area contributed by atoms with Gasteiger partial charge in [0.05, 0.1) is 6.54 Å². The molecule has 0 saturated carbocycles. The lowest BCUT2D eigenvalue weighted by Gasteiger charge is -2.12. The SMILES string of the molecule is O=C(NCCOc1ccc(F)c(F)c1)[C@@H]1CC[C@H](C(=O)O)O1. The van der Waals surface area contributed by atoms with Gasteiger partial charge in [-0.25, -0.2) is 13.6 Å². The summed E-state index contributed by atoms with van der Waals surface area (Å²) in [5, 5.41) is 11.3. The summed E-state index contributed by atoms with van der Waals surface area (Å²) in [6.45, 7) is 0.196. The summed E-state index contributed by atoms with van der Waals surface area (Å²) in [6, 6.07) is 3.13. The molecule has 0 spiro atoms. The molecule has 0 aliphatic carbocycles. The molecule has 1 heterocycles.